The number of H-pyrrole nitrogens is 2. The zero-order valence-corrected chi connectivity index (χ0v) is 20.9. The van der Waals surface area contributed by atoms with Gasteiger partial charge in [0, 0.05) is 53.4 Å². The summed E-state index contributed by atoms with van der Waals surface area (Å²) in [6.07, 6.45) is 1.59. The summed E-state index contributed by atoms with van der Waals surface area (Å²) in [5, 5.41) is 17.3. The number of nitrogens with one attached hydrogen (secondary N) is 2. The van der Waals surface area contributed by atoms with E-state index in [9.17, 15) is 29.4 Å². The molecule has 0 aromatic carbocycles. The lowest BCUT2D eigenvalue weighted by molar-refractivity contribution is 0.467. The summed E-state index contributed by atoms with van der Waals surface area (Å²) >= 11 is 24.3. The molecule has 0 aliphatic heterocycles. The maximum Gasteiger partial charge on any atom is 0.290 e. The number of aromatic hydroxyl groups is 2. The molecular formula is C22H22Cl4N2O6. The molecule has 2 heterocycles. The van der Waals surface area contributed by atoms with Crippen LogP contribution in [0.1, 0.15) is 41.8 Å². The fourth-order valence-electron chi connectivity index (χ4n) is 4.15. The quantitative estimate of drug-likeness (QED) is 0.401. The highest BCUT2D eigenvalue weighted by Gasteiger charge is 2.35. The lowest BCUT2D eigenvalue weighted by Gasteiger charge is -2.30. The van der Waals surface area contributed by atoms with E-state index in [4.69, 9.17) is 46.4 Å². The molecule has 4 rings (SSSR count). The van der Waals surface area contributed by atoms with E-state index in [0.29, 0.717) is 48.2 Å². The number of aromatic nitrogens is 2. The van der Waals surface area contributed by atoms with Crippen LogP contribution in [-0.4, -0.2) is 41.7 Å². The molecule has 5 unspecified atom stereocenters. The van der Waals surface area contributed by atoms with Gasteiger partial charge in [0.25, 0.3) is 11.1 Å². The van der Waals surface area contributed by atoms with Gasteiger partial charge in [0.15, 0.2) is 22.4 Å². The van der Waals surface area contributed by atoms with E-state index in [1.54, 1.807) is 0 Å². The molecule has 184 valence electrons. The second-order valence-corrected chi connectivity index (χ2v) is 10.4. The monoisotopic (exact) mass is 550 g/mol. The van der Waals surface area contributed by atoms with Gasteiger partial charge in [0.1, 0.15) is 0 Å². The summed E-state index contributed by atoms with van der Waals surface area (Å²) in [7, 11) is 0. The smallest absolute Gasteiger partial charge is 0.290 e. The second-order valence-electron chi connectivity index (χ2n) is 8.16. The van der Waals surface area contributed by atoms with E-state index >= 15 is 0 Å². The van der Waals surface area contributed by atoms with Crippen molar-refractivity contribution in [2.45, 2.75) is 60.0 Å². The fourth-order valence-corrected chi connectivity index (χ4v) is 5.36. The zero-order valence-electron chi connectivity index (χ0n) is 17.9. The Kier molecular flexibility index (Phi) is 8.39. The summed E-state index contributed by atoms with van der Waals surface area (Å²) in [5.74, 6) is -1.38. The number of hydrogen-bond donors (Lipinski definition) is 4. The maximum atomic E-state index is 12.0. The minimum atomic E-state index is -0.685. The normalized spacial score (nSPS) is 25.4. The first kappa shape index (κ1) is 26.6. The number of hydrogen-bond acceptors (Lipinski definition) is 6. The van der Waals surface area contributed by atoms with Crippen LogP contribution in [0.3, 0.4) is 0 Å². The Hall–Kier alpha value is -2.00. The van der Waals surface area contributed by atoms with Crippen LogP contribution in [0.25, 0.3) is 0 Å². The number of rotatable bonds is 1. The molecule has 0 saturated carbocycles. The van der Waals surface area contributed by atoms with Gasteiger partial charge in [-0.2, -0.15) is 0 Å². The summed E-state index contributed by atoms with van der Waals surface area (Å²) in [5.41, 5.74) is -0.292. The Morgan fingerprint density at radius 3 is 1.88 bits per heavy atom. The van der Waals surface area contributed by atoms with Gasteiger partial charge in [-0.15, -0.1) is 46.4 Å². The van der Waals surface area contributed by atoms with E-state index in [2.05, 4.69) is 9.97 Å². The van der Waals surface area contributed by atoms with Crippen LogP contribution in [0.5, 0.6) is 11.5 Å². The van der Waals surface area contributed by atoms with Crippen molar-refractivity contribution in [2.24, 2.45) is 0 Å². The molecule has 8 nitrogen and oxygen atoms in total. The van der Waals surface area contributed by atoms with E-state index in [1.165, 1.54) is 0 Å². The third kappa shape index (κ3) is 5.46. The lowest BCUT2D eigenvalue weighted by atomic mass is 9.83. The van der Waals surface area contributed by atoms with Crippen LogP contribution in [0.4, 0.5) is 0 Å². The molecule has 12 heteroatoms. The fraction of sp³-hybridized carbons (Fsp3) is 0.455. The summed E-state index contributed by atoms with van der Waals surface area (Å²) in [4.78, 5) is 51.5. The third-order valence-electron chi connectivity index (χ3n) is 5.91. The van der Waals surface area contributed by atoms with Crippen molar-refractivity contribution in [3.63, 3.8) is 0 Å². The van der Waals surface area contributed by atoms with Crippen molar-refractivity contribution in [2.75, 3.05) is 0 Å². The molecule has 0 amide bonds. The molecule has 0 bridgehead atoms. The lowest BCUT2D eigenvalue weighted by Crippen LogP contribution is -2.34. The van der Waals surface area contributed by atoms with Crippen LogP contribution < -0.4 is 22.0 Å². The number of aromatic amines is 2. The van der Waals surface area contributed by atoms with Crippen LogP contribution >= 0.6 is 46.4 Å². The molecular weight excluding hydrogens is 530 g/mol. The highest BCUT2D eigenvalue weighted by atomic mass is 35.5. The minimum Gasteiger partial charge on any atom is -0.503 e. The van der Waals surface area contributed by atoms with Crippen LogP contribution in [-0.2, 0) is 19.3 Å². The van der Waals surface area contributed by atoms with E-state index < -0.39 is 22.6 Å². The number of alkyl halides is 4. The van der Waals surface area contributed by atoms with Gasteiger partial charge in [-0.25, -0.2) is 0 Å². The predicted octanol–water partition coefficient (Wildman–Crippen LogP) is 2.46. The Morgan fingerprint density at radius 1 is 0.794 bits per heavy atom. The van der Waals surface area contributed by atoms with Gasteiger partial charge in [-0.1, -0.05) is 6.92 Å². The van der Waals surface area contributed by atoms with Crippen molar-refractivity contribution in [3.8, 4) is 11.5 Å². The van der Waals surface area contributed by atoms with Gasteiger partial charge in [-0.3, -0.25) is 19.2 Å². The van der Waals surface area contributed by atoms with E-state index in [-0.39, 0.29) is 38.3 Å². The van der Waals surface area contributed by atoms with Crippen molar-refractivity contribution < 1.29 is 10.2 Å². The molecule has 2 aliphatic rings. The van der Waals surface area contributed by atoms with Crippen LogP contribution in [0.15, 0.2) is 31.3 Å². The van der Waals surface area contributed by atoms with Crippen molar-refractivity contribution >= 4 is 46.4 Å². The minimum absolute atomic E-state index is 0.215. The van der Waals surface area contributed by atoms with Gasteiger partial charge in [-0.05, 0) is 12.8 Å². The first-order valence-corrected chi connectivity index (χ1v) is 12.2. The van der Waals surface area contributed by atoms with Crippen molar-refractivity contribution in [1.29, 1.82) is 0 Å². The van der Waals surface area contributed by atoms with Gasteiger partial charge >= 0.3 is 0 Å². The Bertz CT molecular complexity index is 1330. The first-order chi connectivity index (χ1) is 15.9. The molecule has 2 aromatic heterocycles. The third-order valence-corrected chi connectivity index (χ3v) is 8.12. The predicted molar refractivity (Wildman–Crippen MR) is 133 cm³/mol. The summed E-state index contributed by atoms with van der Waals surface area (Å²) < 4.78 is 0. The topological polar surface area (TPSA) is 140 Å². The number of fused-ring (bicyclic) bond motifs is 2. The Labute approximate surface area is 213 Å². The highest BCUT2D eigenvalue weighted by Crippen LogP contribution is 2.36. The van der Waals surface area contributed by atoms with Gasteiger partial charge in [0.2, 0.25) is 0 Å². The van der Waals surface area contributed by atoms with Gasteiger partial charge in [0.05, 0.1) is 21.5 Å². The van der Waals surface area contributed by atoms with E-state index in [1.807, 2.05) is 6.92 Å². The Morgan fingerprint density at radius 2 is 1.29 bits per heavy atom. The van der Waals surface area contributed by atoms with Gasteiger partial charge < -0.3 is 20.2 Å². The molecule has 0 spiro atoms. The zero-order chi connectivity index (χ0) is 25.3. The van der Waals surface area contributed by atoms with Crippen molar-refractivity contribution in [1.82, 2.24) is 9.97 Å². The average molecular weight is 552 g/mol. The van der Waals surface area contributed by atoms with Crippen LogP contribution in [0.2, 0.25) is 0 Å². The van der Waals surface area contributed by atoms with Crippen LogP contribution in [0, 0.1) is 0 Å². The molecule has 5 atom stereocenters. The first-order valence-electron chi connectivity index (χ1n) is 10.5. The molecule has 0 saturated heterocycles. The molecule has 0 fully saturated rings. The molecule has 2 aromatic rings. The highest BCUT2D eigenvalue weighted by molar-refractivity contribution is 6.31. The van der Waals surface area contributed by atoms with Crippen molar-refractivity contribution in [3.05, 3.63) is 75.8 Å². The molecule has 4 N–H and O–H groups in total. The number of halogens is 4. The second kappa shape index (κ2) is 10.7. The Balaban J connectivity index is 0.000000192. The molecule has 0 radical (unpaired) electrons. The molecule has 2 aliphatic carbocycles. The summed E-state index contributed by atoms with van der Waals surface area (Å²) in [6.45, 7) is 1.91. The maximum absolute atomic E-state index is 12.0. The standard InChI is InChI=1S/C12H13Cl2NO3.C10H9Cl2NO3/c1-2-5-10-7(3-6(13)11(5)14)15-12(18)9(17)4-8(10)16;11-5-1-4-7(2-6(5)12)13-10(16)9(15)3-8(4)14/h4-6,11,17H,2-3H2,1H3,(H,15,18);3,5-6,15H,1-2H2,(H,13,16). The SMILES string of the molecule is CCC1c2c([nH]c(=O)c(O)cc2=O)CC(Cl)C1Cl.O=c1cc(O)c(=O)[nH]c2c1CC(Cl)C(Cl)C2. The van der Waals surface area contributed by atoms with E-state index in [0.717, 1.165) is 12.1 Å². The summed E-state index contributed by atoms with van der Waals surface area (Å²) in [6, 6.07) is 1.86. The molecule has 34 heavy (non-hydrogen) atoms. The largest absolute Gasteiger partial charge is 0.503 e. The average Bonchev–Trinajstić information content (AvgIpc) is 2.93.